The zero-order valence-electron chi connectivity index (χ0n) is 16.9. The Balaban J connectivity index is 1.47. The van der Waals surface area contributed by atoms with Crippen molar-refractivity contribution >= 4 is 11.6 Å². The van der Waals surface area contributed by atoms with Crippen LogP contribution in [0, 0.1) is 10.1 Å². The number of aryl methyl sites for hydroxylation is 1. The number of aromatic nitrogens is 6. The summed E-state index contributed by atoms with van der Waals surface area (Å²) in [7, 11) is 0. The van der Waals surface area contributed by atoms with Gasteiger partial charge in [-0.25, -0.2) is 9.67 Å². The average molecular weight is 422 g/mol. The van der Waals surface area contributed by atoms with Gasteiger partial charge < -0.3 is 9.47 Å². The first-order chi connectivity index (χ1) is 15.1. The third-order valence-electron chi connectivity index (χ3n) is 6.03. The van der Waals surface area contributed by atoms with E-state index in [2.05, 4.69) is 24.8 Å². The van der Waals surface area contributed by atoms with Crippen LogP contribution in [0.15, 0.2) is 30.9 Å². The predicted octanol–water partition coefficient (Wildman–Crippen LogP) is 2.47. The highest BCUT2D eigenvalue weighted by molar-refractivity contribution is 5.95. The van der Waals surface area contributed by atoms with Gasteiger partial charge in [-0.1, -0.05) is 6.42 Å². The number of hydrogen-bond acceptors (Lipinski definition) is 7. The highest BCUT2D eigenvalue weighted by Gasteiger charge is 2.35. The molecule has 0 spiro atoms. The number of carbonyl (C=O) groups is 1. The van der Waals surface area contributed by atoms with Crippen molar-refractivity contribution in [3.05, 3.63) is 58.2 Å². The van der Waals surface area contributed by atoms with E-state index in [0.29, 0.717) is 6.54 Å². The number of nitro benzene ring substituents is 1. The van der Waals surface area contributed by atoms with Crippen molar-refractivity contribution in [1.82, 2.24) is 34.4 Å². The maximum atomic E-state index is 13.4. The second-order valence-corrected chi connectivity index (χ2v) is 7.89. The van der Waals surface area contributed by atoms with E-state index in [-0.39, 0.29) is 28.9 Å². The lowest BCUT2D eigenvalue weighted by Gasteiger charge is -2.25. The van der Waals surface area contributed by atoms with Gasteiger partial charge in [0.05, 0.1) is 11.0 Å². The fourth-order valence-electron chi connectivity index (χ4n) is 4.53. The Labute approximate surface area is 177 Å². The highest BCUT2D eigenvalue weighted by atomic mass is 16.6. The van der Waals surface area contributed by atoms with Gasteiger partial charge in [0.1, 0.15) is 24.2 Å². The zero-order chi connectivity index (χ0) is 21.4. The van der Waals surface area contributed by atoms with Crippen LogP contribution >= 0.6 is 0 Å². The summed E-state index contributed by atoms with van der Waals surface area (Å²) in [6.45, 7) is 1.46. The van der Waals surface area contributed by atoms with Gasteiger partial charge >= 0.3 is 0 Å². The van der Waals surface area contributed by atoms with Crippen LogP contribution in [0.2, 0.25) is 0 Å². The summed E-state index contributed by atoms with van der Waals surface area (Å²) in [6.07, 6.45) is 8.61. The Morgan fingerprint density at radius 1 is 1.13 bits per heavy atom. The second kappa shape index (κ2) is 7.89. The van der Waals surface area contributed by atoms with Crippen LogP contribution < -0.4 is 0 Å². The molecule has 1 atom stereocenters. The minimum atomic E-state index is -0.506. The van der Waals surface area contributed by atoms with Gasteiger partial charge in [-0.3, -0.25) is 14.9 Å². The lowest BCUT2D eigenvalue weighted by Crippen LogP contribution is -2.32. The van der Waals surface area contributed by atoms with Gasteiger partial charge in [-0.15, -0.1) is 10.2 Å². The van der Waals surface area contributed by atoms with Crippen LogP contribution in [0.5, 0.6) is 0 Å². The van der Waals surface area contributed by atoms with Crippen molar-refractivity contribution in [3.8, 4) is 5.69 Å². The second-order valence-electron chi connectivity index (χ2n) is 7.89. The van der Waals surface area contributed by atoms with Crippen LogP contribution in [-0.2, 0) is 13.0 Å². The van der Waals surface area contributed by atoms with Crippen molar-refractivity contribution in [2.45, 2.75) is 51.1 Å². The predicted molar refractivity (Wildman–Crippen MR) is 109 cm³/mol. The Bertz CT molecular complexity index is 1120. The topological polar surface area (TPSA) is 125 Å². The van der Waals surface area contributed by atoms with Crippen molar-refractivity contribution in [3.63, 3.8) is 0 Å². The quantitative estimate of drug-likeness (QED) is 0.467. The largest absolute Gasteiger partial charge is 0.328 e. The van der Waals surface area contributed by atoms with Crippen LogP contribution in [0.1, 0.15) is 60.2 Å². The van der Waals surface area contributed by atoms with Gasteiger partial charge in [-0.05, 0) is 37.8 Å². The molecule has 0 N–H and O–H groups in total. The van der Waals surface area contributed by atoms with E-state index in [0.717, 1.165) is 56.7 Å². The number of amides is 1. The standard InChI is InChI=1S/C20H22N8O3/c29-20(14-7-8-15(17(11-14)28(30)31)27-13-21-12-22-27)25-10-4-5-16(25)19-24-23-18-6-2-1-3-9-26(18)19/h7-8,11-13,16H,1-6,9-10H2. The van der Waals surface area contributed by atoms with E-state index in [4.69, 9.17) is 0 Å². The molecule has 11 heteroatoms. The third-order valence-corrected chi connectivity index (χ3v) is 6.03. The molecule has 0 radical (unpaired) electrons. The molecule has 1 saturated heterocycles. The van der Waals surface area contributed by atoms with Gasteiger partial charge in [0, 0.05) is 31.1 Å². The molecule has 0 saturated carbocycles. The summed E-state index contributed by atoms with van der Waals surface area (Å²) < 4.78 is 3.48. The van der Waals surface area contributed by atoms with Gasteiger partial charge in [0.25, 0.3) is 11.6 Å². The molecule has 11 nitrogen and oxygen atoms in total. The molecule has 1 amide bonds. The SMILES string of the molecule is O=C(c1ccc(-n2cncn2)c([N+](=O)[O-])c1)N1CCCC1c1nnc2n1CCCCC2. The number of fused-ring (bicyclic) bond motifs is 1. The molecule has 2 aromatic heterocycles. The molecule has 31 heavy (non-hydrogen) atoms. The van der Waals surface area contributed by atoms with E-state index in [1.807, 2.05) is 0 Å². The summed E-state index contributed by atoms with van der Waals surface area (Å²) in [5.41, 5.74) is 0.348. The lowest BCUT2D eigenvalue weighted by atomic mass is 10.1. The number of rotatable bonds is 4. The molecule has 160 valence electrons. The fourth-order valence-corrected chi connectivity index (χ4v) is 4.53. The number of benzene rings is 1. The molecule has 4 heterocycles. The Kier molecular flexibility index (Phi) is 4.92. The summed E-state index contributed by atoms with van der Waals surface area (Å²) in [5.74, 6) is 1.58. The molecule has 3 aromatic rings. The molecule has 0 aliphatic carbocycles. The summed E-state index contributed by atoms with van der Waals surface area (Å²) in [6, 6.07) is 4.29. The zero-order valence-corrected chi connectivity index (χ0v) is 16.9. The number of likely N-dealkylation sites (tertiary alicyclic amines) is 1. The number of nitrogens with zero attached hydrogens (tertiary/aromatic N) is 8. The first kappa shape index (κ1) is 19.3. The molecule has 1 fully saturated rings. The molecule has 1 aromatic carbocycles. The van der Waals surface area contributed by atoms with E-state index in [1.165, 1.54) is 29.5 Å². The van der Waals surface area contributed by atoms with Crippen molar-refractivity contribution in [2.75, 3.05) is 6.54 Å². The smallest absolute Gasteiger partial charge is 0.295 e. The normalized spacial score (nSPS) is 18.6. The van der Waals surface area contributed by atoms with Gasteiger partial charge in [0.2, 0.25) is 0 Å². The summed E-state index contributed by atoms with van der Waals surface area (Å²) >= 11 is 0. The molecular formula is C20H22N8O3. The molecule has 5 rings (SSSR count). The molecule has 2 aliphatic heterocycles. The number of carbonyl (C=O) groups excluding carboxylic acids is 1. The fraction of sp³-hybridized carbons (Fsp3) is 0.450. The highest BCUT2D eigenvalue weighted by Crippen LogP contribution is 2.34. The molecule has 0 bridgehead atoms. The van der Waals surface area contributed by atoms with Crippen molar-refractivity contribution in [1.29, 1.82) is 0 Å². The van der Waals surface area contributed by atoms with Crippen LogP contribution in [-0.4, -0.2) is 51.8 Å². The van der Waals surface area contributed by atoms with Crippen LogP contribution in [0.25, 0.3) is 5.69 Å². The molecule has 1 unspecified atom stereocenters. The summed E-state index contributed by atoms with van der Waals surface area (Å²) in [4.78, 5) is 30.1. The third kappa shape index (κ3) is 3.45. The Morgan fingerprint density at radius 2 is 2.03 bits per heavy atom. The maximum absolute atomic E-state index is 13.4. The first-order valence-corrected chi connectivity index (χ1v) is 10.5. The maximum Gasteiger partial charge on any atom is 0.295 e. The Hall–Kier alpha value is -3.63. The average Bonchev–Trinajstić information content (AvgIpc) is 3.51. The number of nitro groups is 1. The minimum absolute atomic E-state index is 0.166. The molecule has 2 aliphatic rings. The van der Waals surface area contributed by atoms with E-state index in [9.17, 15) is 14.9 Å². The van der Waals surface area contributed by atoms with Gasteiger partial charge in [0.15, 0.2) is 5.82 Å². The van der Waals surface area contributed by atoms with Crippen LogP contribution in [0.3, 0.4) is 0 Å². The van der Waals surface area contributed by atoms with E-state index in [1.54, 1.807) is 11.0 Å². The molecular weight excluding hydrogens is 400 g/mol. The van der Waals surface area contributed by atoms with Crippen molar-refractivity contribution < 1.29 is 9.72 Å². The minimum Gasteiger partial charge on any atom is -0.328 e. The van der Waals surface area contributed by atoms with E-state index >= 15 is 0 Å². The van der Waals surface area contributed by atoms with Gasteiger partial charge in [-0.2, -0.15) is 5.10 Å². The Morgan fingerprint density at radius 3 is 2.84 bits per heavy atom. The van der Waals surface area contributed by atoms with E-state index < -0.39 is 4.92 Å². The lowest BCUT2D eigenvalue weighted by molar-refractivity contribution is -0.384. The monoisotopic (exact) mass is 422 g/mol. The van der Waals surface area contributed by atoms with Crippen molar-refractivity contribution in [2.24, 2.45) is 0 Å². The van der Waals surface area contributed by atoms with Crippen LogP contribution in [0.4, 0.5) is 5.69 Å². The number of hydrogen-bond donors (Lipinski definition) is 0. The first-order valence-electron chi connectivity index (χ1n) is 10.5. The summed E-state index contributed by atoms with van der Waals surface area (Å²) in [5, 5.41) is 24.4.